The maximum absolute atomic E-state index is 8.87. The van der Waals surface area contributed by atoms with Crippen molar-refractivity contribution >= 4 is 11.8 Å². The molecule has 1 aliphatic rings. The summed E-state index contributed by atoms with van der Waals surface area (Å²) in [6, 6.07) is 0.710. The zero-order chi connectivity index (χ0) is 12.5. The lowest BCUT2D eigenvalue weighted by Crippen LogP contribution is -2.43. The van der Waals surface area contributed by atoms with E-state index in [4.69, 9.17) is 5.11 Å². The van der Waals surface area contributed by atoms with Gasteiger partial charge in [-0.15, -0.1) is 0 Å². The molecule has 2 nitrogen and oxygen atoms in total. The Bertz CT molecular complexity index is 189. The minimum absolute atomic E-state index is 0.337. The van der Waals surface area contributed by atoms with Crippen molar-refractivity contribution in [1.29, 1.82) is 0 Å². The number of thioether (sulfide) groups is 1. The van der Waals surface area contributed by atoms with Gasteiger partial charge >= 0.3 is 0 Å². The maximum Gasteiger partial charge on any atom is 0.0438 e. The lowest BCUT2D eigenvalue weighted by atomic mass is 9.84. The van der Waals surface area contributed by atoms with Gasteiger partial charge in [0.2, 0.25) is 0 Å². The van der Waals surface area contributed by atoms with Gasteiger partial charge in [-0.1, -0.05) is 20.3 Å². The monoisotopic (exact) mass is 259 g/mol. The van der Waals surface area contributed by atoms with Crippen LogP contribution in [0.15, 0.2) is 0 Å². The van der Waals surface area contributed by atoms with Crippen molar-refractivity contribution in [2.24, 2.45) is 5.92 Å². The number of hydrogen-bond donors (Lipinski definition) is 2. The highest BCUT2D eigenvalue weighted by Gasteiger charge is 2.29. The molecule has 0 aromatic carbocycles. The van der Waals surface area contributed by atoms with Gasteiger partial charge in [-0.3, -0.25) is 0 Å². The molecule has 0 radical (unpaired) electrons. The summed E-state index contributed by atoms with van der Waals surface area (Å²) in [5, 5.41) is 13.4. The predicted octanol–water partition coefficient (Wildman–Crippen LogP) is 3.05. The number of rotatable bonds is 8. The van der Waals surface area contributed by atoms with Crippen molar-refractivity contribution in [1.82, 2.24) is 5.32 Å². The Morgan fingerprint density at radius 2 is 2.12 bits per heavy atom. The fraction of sp³-hybridized carbons (Fsp3) is 1.00. The summed E-state index contributed by atoms with van der Waals surface area (Å²) in [7, 11) is 0. The largest absolute Gasteiger partial charge is 0.396 e. The summed E-state index contributed by atoms with van der Waals surface area (Å²) in [5.74, 6) is 2.04. The fourth-order valence-electron chi connectivity index (χ4n) is 2.63. The van der Waals surface area contributed by atoms with E-state index < -0.39 is 0 Å². The van der Waals surface area contributed by atoms with Gasteiger partial charge in [0.05, 0.1) is 0 Å². The van der Waals surface area contributed by atoms with Gasteiger partial charge in [0.1, 0.15) is 0 Å². The molecule has 0 heterocycles. The molecule has 0 saturated heterocycles. The molecule has 1 fully saturated rings. The van der Waals surface area contributed by atoms with Gasteiger partial charge in [0.15, 0.2) is 0 Å². The third-order valence-corrected chi connectivity index (χ3v) is 5.24. The molecule has 0 amide bonds. The quantitative estimate of drug-likeness (QED) is 0.657. The van der Waals surface area contributed by atoms with Gasteiger partial charge in [-0.05, 0) is 50.3 Å². The van der Waals surface area contributed by atoms with Crippen LogP contribution in [0.25, 0.3) is 0 Å². The average Bonchev–Trinajstić information content (AvgIpc) is 2.37. The Hall–Kier alpha value is 0.270. The van der Waals surface area contributed by atoms with Crippen LogP contribution in [-0.4, -0.2) is 35.3 Å². The van der Waals surface area contributed by atoms with Gasteiger partial charge in [0, 0.05) is 17.9 Å². The van der Waals surface area contributed by atoms with E-state index in [-0.39, 0.29) is 0 Å². The van der Waals surface area contributed by atoms with Gasteiger partial charge in [-0.2, -0.15) is 11.8 Å². The van der Waals surface area contributed by atoms with Crippen LogP contribution in [-0.2, 0) is 0 Å². The Balaban J connectivity index is 2.37. The predicted molar refractivity (Wildman–Crippen MR) is 77.7 cm³/mol. The summed E-state index contributed by atoms with van der Waals surface area (Å²) in [4.78, 5) is 0. The van der Waals surface area contributed by atoms with Crippen LogP contribution in [0.2, 0.25) is 0 Å². The minimum Gasteiger partial charge on any atom is -0.396 e. The number of nitrogens with one attached hydrogen (secondary N) is 1. The summed E-state index contributed by atoms with van der Waals surface area (Å²) in [6.07, 6.45) is 7.61. The molecule has 0 bridgehead atoms. The molecule has 1 rings (SSSR count). The van der Waals surface area contributed by atoms with Crippen LogP contribution in [0.5, 0.6) is 0 Å². The SMILES string of the molecule is CCCNC1CCC(CC)CC1SCCCO. The number of hydrogen-bond acceptors (Lipinski definition) is 3. The topological polar surface area (TPSA) is 32.3 Å². The molecule has 0 aliphatic heterocycles. The average molecular weight is 259 g/mol. The molecule has 0 aromatic heterocycles. The minimum atomic E-state index is 0.337. The first-order chi connectivity index (χ1) is 8.31. The standard InChI is InChI=1S/C14H29NOS/c1-3-8-15-13-7-6-12(4-2)11-14(13)17-10-5-9-16/h12-16H,3-11H2,1-2H3. The van der Waals surface area contributed by atoms with E-state index in [9.17, 15) is 0 Å². The highest BCUT2D eigenvalue weighted by Crippen LogP contribution is 2.34. The summed E-state index contributed by atoms with van der Waals surface area (Å²) in [5.41, 5.74) is 0. The first kappa shape index (κ1) is 15.3. The summed E-state index contributed by atoms with van der Waals surface area (Å²) < 4.78 is 0. The second-order valence-electron chi connectivity index (χ2n) is 5.13. The zero-order valence-corrected chi connectivity index (χ0v) is 12.3. The summed E-state index contributed by atoms with van der Waals surface area (Å²) >= 11 is 2.08. The van der Waals surface area contributed by atoms with Crippen molar-refractivity contribution in [3.63, 3.8) is 0 Å². The molecule has 1 aliphatic carbocycles. The lowest BCUT2D eigenvalue weighted by Gasteiger charge is -2.36. The first-order valence-electron chi connectivity index (χ1n) is 7.27. The Morgan fingerprint density at radius 1 is 1.29 bits per heavy atom. The highest BCUT2D eigenvalue weighted by molar-refractivity contribution is 7.99. The molecular weight excluding hydrogens is 230 g/mol. The maximum atomic E-state index is 8.87. The van der Waals surface area contributed by atoms with Gasteiger partial charge in [-0.25, -0.2) is 0 Å². The molecule has 3 heteroatoms. The van der Waals surface area contributed by atoms with Crippen molar-refractivity contribution in [3.05, 3.63) is 0 Å². The molecular formula is C14H29NOS. The van der Waals surface area contributed by atoms with Crippen molar-refractivity contribution in [2.75, 3.05) is 18.9 Å². The van der Waals surface area contributed by atoms with Crippen LogP contribution in [0.4, 0.5) is 0 Å². The third-order valence-electron chi connectivity index (χ3n) is 3.77. The van der Waals surface area contributed by atoms with E-state index in [1.54, 1.807) is 0 Å². The molecule has 3 unspecified atom stereocenters. The normalized spacial score (nSPS) is 29.5. The molecule has 3 atom stereocenters. The fourth-order valence-corrected chi connectivity index (χ4v) is 4.10. The second-order valence-corrected chi connectivity index (χ2v) is 6.48. The molecule has 102 valence electrons. The van der Waals surface area contributed by atoms with Crippen molar-refractivity contribution in [2.45, 2.75) is 63.7 Å². The Morgan fingerprint density at radius 3 is 2.76 bits per heavy atom. The van der Waals surface area contributed by atoms with Gasteiger partial charge < -0.3 is 10.4 Å². The highest BCUT2D eigenvalue weighted by atomic mass is 32.2. The number of aliphatic hydroxyl groups excluding tert-OH is 1. The van der Waals surface area contributed by atoms with E-state index in [0.29, 0.717) is 12.6 Å². The molecule has 17 heavy (non-hydrogen) atoms. The molecule has 1 saturated carbocycles. The first-order valence-corrected chi connectivity index (χ1v) is 8.32. The summed E-state index contributed by atoms with van der Waals surface area (Å²) in [6.45, 7) is 6.04. The number of aliphatic hydroxyl groups is 1. The van der Waals surface area contributed by atoms with E-state index in [2.05, 4.69) is 30.9 Å². The Labute approximate surface area is 111 Å². The van der Waals surface area contributed by atoms with Crippen molar-refractivity contribution in [3.8, 4) is 0 Å². The Kier molecular flexibility index (Phi) is 8.33. The van der Waals surface area contributed by atoms with E-state index >= 15 is 0 Å². The van der Waals surface area contributed by atoms with Crippen LogP contribution >= 0.6 is 11.8 Å². The molecule has 0 spiro atoms. The van der Waals surface area contributed by atoms with E-state index in [1.165, 1.54) is 32.1 Å². The second kappa shape index (κ2) is 9.23. The van der Waals surface area contributed by atoms with Crippen LogP contribution in [0.3, 0.4) is 0 Å². The zero-order valence-electron chi connectivity index (χ0n) is 11.5. The van der Waals surface area contributed by atoms with Crippen molar-refractivity contribution < 1.29 is 5.11 Å². The third kappa shape index (κ3) is 5.62. The smallest absolute Gasteiger partial charge is 0.0438 e. The van der Waals surface area contributed by atoms with Crippen LogP contribution in [0.1, 0.15) is 52.4 Å². The van der Waals surface area contributed by atoms with Crippen LogP contribution in [0, 0.1) is 5.92 Å². The molecule has 0 aromatic rings. The van der Waals surface area contributed by atoms with E-state index in [0.717, 1.165) is 29.9 Å². The van der Waals surface area contributed by atoms with Gasteiger partial charge in [0.25, 0.3) is 0 Å². The molecule has 2 N–H and O–H groups in total. The lowest BCUT2D eigenvalue weighted by molar-refractivity contribution is 0.291. The van der Waals surface area contributed by atoms with Crippen LogP contribution < -0.4 is 5.32 Å². The van der Waals surface area contributed by atoms with E-state index in [1.807, 2.05) is 0 Å².